The van der Waals surface area contributed by atoms with Gasteiger partial charge >= 0.3 is 6.18 Å². The van der Waals surface area contributed by atoms with E-state index in [9.17, 15) is 27.6 Å². The number of ketones is 1. The van der Waals surface area contributed by atoms with E-state index in [-0.39, 0.29) is 12.4 Å². The van der Waals surface area contributed by atoms with E-state index in [1.165, 1.54) is 12.1 Å². The van der Waals surface area contributed by atoms with E-state index in [4.69, 9.17) is 4.74 Å². The molecule has 2 aromatic rings. The van der Waals surface area contributed by atoms with Gasteiger partial charge in [0.15, 0.2) is 5.78 Å². The average Bonchev–Trinajstić information content (AvgIpc) is 2.68. The lowest BCUT2D eigenvalue weighted by atomic mass is 10.0. The Kier molecular flexibility index (Phi) is 5.34. The first-order valence-corrected chi connectivity index (χ1v) is 8.27. The molecule has 6 nitrogen and oxygen atoms in total. The maximum atomic E-state index is 13.0. The first kappa shape index (κ1) is 19.4. The first-order valence-electron chi connectivity index (χ1n) is 8.27. The van der Waals surface area contributed by atoms with Gasteiger partial charge in [-0.2, -0.15) is 13.2 Å². The minimum Gasteiger partial charge on any atom is -0.490 e. The highest BCUT2D eigenvalue weighted by Crippen LogP contribution is 2.31. The predicted octanol–water partition coefficient (Wildman–Crippen LogP) is 2.20. The Morgan fingerprint density at radius 1 is 1.07 bits per heavy atom. The number of hydrogen-bond acceptors (Lipinski definition) is 4. The molecule has 0 spiro atoms. The predicted molar refractivity (Wildman–Crippen MR) is 92.0 cm³/mol. The number of ether oxygens (including phenoxy) is 1. The Morgan fingerprint density at radius 3 is 2.50 bits per heavy atom. The molecule has 1 unspecified atom stereocenters. The largest absolute Gasteiger partial charge is 0.490 e. The summed E-state index contributed by atoms with van der Waals surface area (Å²) in [5.74, 6) is -1.70. The van der Waals surface area contributed by atoms with Crippen LogP contribution >= 0.6 is 0 Å². The fraction of sp³-hybridized carbons (Fsp3) is 0.211. The van der Waals surface area contributed by atoms with Crippen LogP contribution < -0.4 is 15.4 Å². The Bertz CT molecular complexity index is 927. The standard InChI is InChI=1S/C19H15F3N2O4/c20-19(21,22)13-7-3-1-5-11(13)18(27)23-9-16(25)24-14-10-28-15-8-4-2-6-12(15)17(14)26/h1-8,14H,9-10H2,(H,23,27)(H,24,25). The van der Waals surface area contributed by atoms with Gasteiger partial charge < -0.3 is 15.4 Å². The fourth-order valence-corrected chi connectivity index (χ4v) is 2.77. The maximum absolute atomic E-state index is 13.0. The second kappa shape index (κ2) is 7.71. The normalized spacial score (nSPS) is 16.0. The zero-order valence-corrected chi connectivity index (χ0v) is 14.4. The van der Waals surface area contributed by atoms with E-state index < -0.39 is 41.7 Å². The molecule has 0 aromatic heterocycles. The van der Waals surface area contributed by atoms with Gasteiger partial charge in [0.1, 0.15) is 18.4 Å². The number of alkyl halides is 3. The maximum Gasteiger partial charge on any atom is 0.417 e. The summed E-state index contributed by atoms with van der Waals surface area (Å²) in [7, 11) is 0. The van der Waals surface area contributed by atoms with E-state index in [0.717, 1.165) is 12.1 Å². The van der Waals surface area contributed by atoms with Gasteiger partial charge in [0.05, 0.1) is 23.2 Å². The number of hydrogen-bond donors (Lipinski definition) is 2. The number of Topliss-reactive ketones (excluding diaryl/α,β-unsaturated/α-hetero) is 1. The minimum absolute atomic E-state index is 0.0769. The summed E-state index contributed by atoms with van der Waals surface area (Å²) in [4.78, 5) is 36.4. The summed E-state index contributed by atoms with van der Waals surface area (Å²) >= 11 is 0. The summed E-state index contributed by atoms with van der Waals surface area (Å²) in [6.45, 7) is -0.664. The highest BCUT2D eigenvalue weighted by Gasteiger charge is 2.35. The Morgan fingerprint density at radius 2 is 1.75 bits per heavy atom. The lowest BCUT2D eigenvalue weighted by molar-refractivity contribution is -0.137. The molecule has 1 aliphatic rings. The first-order chi connectivity index (χ1) is 13.3. The van der Waals surface area contributed by atoms with Crippen LogP contribution in [-0.2, 0) is 11.0 Å². The van der Waals surface area contributed by atoms with E-state index in [2.05, 4.69) is 10.6 Å². The SMILES string of the molecule is O=C(CNC(=O)c1ccccc1C(F)(F)F)NC1COc2ccccc2C1=O. The van der Waals surface area contributed by atoms with Crippen molar-refractivity contribution in [2.45, 2.75) is 12.2 Å². The molecular formula is C19H15F3N2O4. The van der Waals surface area contributed by atoms with Gasteiger partial charge in [-0.1, -0.05) is 24.3 Å². The number of amides is 2. The van der Waals surface area contributed by atoms with Crippen molar-refractivity contribution >= 4 is 17.6 Å². The lowest BCUT2D eigenvalue weighted by Gasteiger charge is -2.24. The molecule has 2 N–H and O–H groups in total. The molecule has 0 saturated heterocycles. The molecule has 28 heavy (non-hydrogen) atoms. The van der Waals surface area contributed by atoms with Crippen LogP contribution in [0, 0.1) is 0 Å². The van der Waals surface area contributed by atoms with Crippen LogP contribution in [-0.4, -0.2) is 36.8 Å². The number of nitrogens with one attached hydrogen (secondary N) is 2. The monoisotopic (exact) mass is 392 g/mol. The number of halogens is 3. The van der Waals surface area contributed by atoms with Crippen LogP contribution in [0.15, 0.2) is 48.5 Å². The molecule has 3 rings (SSSR count). The van der Waals surface area contributed by atoms with Crippen LogP contribution in [0.1, 0.15) is 26.3 Å². The molecule has 1 atom stereocenters. The van der Waals surface area contributed by atoms with Crippen LogP contribution in [0.3, 0.4) is 0 Å². The molecule has 0 bridgehead atoms. The van der Waals surface area contributed by atoms with Crippen molar-refractivity contribution in [3.05, 3.63) is 65.2 Å². The number of rotatable bonds is 4. The minimum atomic E-state index is -4.70. The average molecular weight is 392 g/mol. The lowest BCUT2D eigenvalue weighted by Crippen LogP contribution is -2.50. The van der Waals surface area contributed by atoms with E-state index >= 15 is 0 Å². The quantitative estimate of drug-likeness (QED) is 0.836. The van der Waals surface area contributed by atoms with Gasteiger partial charge in [-0.25, -0.2) is 0 Å². The third kappa shape index (κ3) is 4.13. The Balaban J connectivity index is 1.60. The summed E-state index contributed by atoms with van der Waals surface area (Å²) in [6, 6.07) is 9.87. The molecule has 146 valence electrons. The van der Waals surface area contributed by atoms with E-state index in [1.807, 2.05) is 0 Å². The smallest absolute Gasteiger partial charge is 0.417 e. The molecular weight excluding hydrogens is 377 g/mol. The van der Waals surface area contributed by atoms with Gasteiger partial charge in [-0.15, -0.1) is 0 Å². The zero-order valence-electron chi connectivity index (χ0n) is 14.4. The van der Waals surface area contributed by atoms with Crippen molar-refractivity contribution in [3.8, 4) is 5.75 Å². The van der Waals surface area contributed by atoms with Gasteiger partial charge in [-0.3, -0.25) is 14.4 Å². The van der Waals surface area contributed by atoms with Crippen LogP contribution in [0.5, 0.6) is 5.75 Å². The number of para-hydroxylation sites is 1. The second-order valence-corrected chi connectivity index (χ2v) is 6.02. The molecule has 0 aliphatic carbocycles. The topological polar surface area (TPSA) is 84.5 Å². The van der Waals surface area contributed by atoms with E-state index in [0.29, 0.717) is 11.3 Å². The highest BCUT2D eigenvalue weighted by molar-refractivity contribution is 6.05. The zero-order chi connectivity index (χ0) is 20.3. The summed E-state index contributed by atoms with van der Waals surface area (Å²) in [6.07, 6.45) is -4.70. The third-order valence-corrected chi connectivity index (χ3v) is 4.10. The molecule has 1 aliphatic heterocycles. The summed E-state index contributed by atoms with van der Waals surface area (Å²) < 4.78 is 44.3. The van der Waals surface area contributed by atoms with Crippen molar-refractivity contribution in [3.63, 3.8) is 0 Å². The Hall–Kier alpha value is -3.36. The second-order valence-electron chi connectivity index (χ2n) is 6.02. The number of carbonyl (C=O) groups excluding carboxylic acids is 3. The van der Waals surface area contributed by atoms with Gasteiger partial charge in [0.25, 0.3) is 5.91 Å². The van der Waals surface area contributed by atoms with Crippen LogP contribution in [0.4, 0.5) is 13.2 Å². The number of benzene rings is 2. The molecule has 2 amide bonds. The van der Waals surface area contributed by atoms with Gasteiger partial charge in [0, 0.05) is 0 Å². The molecule has 0 fully saturated rings. The number of carbonyl (C=O) groups is 3. The van der Waals surface area contributed by atoms with Crippen molar-refractivity contribution in [1.29, 1.82) is 0 Å². The molecule has 1 heterocycles. The summed E-state index contributed by atoms with van der Waals surface area (Å²) in [5.41, 5.74) is -1.36. The fourth-order valence-electron chi connectivity index (χ4n) is 2.77. The van der Waals surface area contributed by atoms with Crippen molar-refractivity contribution in [2.75, 3.05) is 13.2 Å². The van der Waals surface area contributed by atoms with Crippen LogP contribution in [0.2, 0.25) is 0 Å². The van der Waals surface area contributed by atoms with Gasteiger partial charge in [-0.05, 0) is 24.3 Å². The molecule has 0 radical (unpaired) electrons. The highest BCUT2D eigenvalue weighted by atomic mass is 19.4. The molecule has 0 saturated carbocycles. The number of fused-ring (bicyclic) bond motifs is 1. The Labute approximate surface area is 157 Å². The molecule has 9 heteroatoms. The van der Waals surface area contributed by atoms with Crippen molar-refractivity contribution < 1.29 is 32.3 Å². The third-order valence-electron chi connectivity index (χ3n) is 4.10. The molecule has 2 aromatic carbocycles. The van der Waals surface area contributed by atoms with Crippen molar-refractivity contribution in [2.24, 2.45) is 0 Å². The summed E-state index contributed by atoms with van der Waals surface area (Å²) in [5, 5.41) is 4.54. The van der Waals surface area contributed by atoms with E-state index in [1.54, 1.807) is 24.3 Å². The van der Waals surface area contributed by atoms with Crippen LogP contribution in [0.25, 0.3) is 0 Å². The van der Waals surface area contributed by atoms with Crippen molar-refractivity contribution in [1.82, 2.24) is 10.6 Å². The van der Waals surface area contributed by atoms with Gasteiger partial charge in [0.2, 0.25) is 5.91 Å².